The van der Waals surface area contributed by atoms with E-state index in [9.17, 15) is 0 Å². The minimum atomic E-state index is -0.195. The van der Waals surface area contributed by atoms with E-state index in [1.807, 2.05) is 12.1 Å². The van der Waals surface area contributed by atoms with Crippen molar-refractivity contribution in [3.05, 3.63) is 29.3 Å². The first kappa shape index (κ1) is 12.3. The normalized spacial score (nSPS) is 17.5. The molecule has 0 aliphatic carbocycles. The van der Waals surface area contributed by atoms with Crippen LogP contribution in [0.4, 0.5) is 0 Å². The predicted molar refractivity (Wildman–Crippen MR) is 63.7 cm³/mol. The highest BCUT2D eigenvalue weighted by Gasteiger charge is 2.34. The number of halogens is 1. The number of nitrogens with one attached hydrogen (secondary N) is 1. The molecule has 0 saturated carbocycles. The second kappa shape index (κ2) is 4.39. The molecule has 0 bridgehead atoms. The molecule has 1 aliphatic rings. The molecular formula is C11H17ClN2O. The molecule has 1 saturated heterocycles. The van der Waals surface area contributed by atoms with E-state index in [1.54, 1.807) is 7.11 Å². The van der Waals surface area contributed by atoms with Crippen molar-refractivity contribution in [3.8, 4) is 5.75 Å². The first-order valence-corrected chi connectivity index (χ1v) is 4.80. The van der Waals surface area contributed by atoms with Crippen molar-refractivity contribution >= 4 is 12.4 Å². The van der Waals surface area contributed by atoms with Crippen molar-refractivity contribution in [3.63, 3.8) is 0 Å². The third-order valence-electron chi connectivity index (χ3n) is 2.74. The minimum absolute atomic E-state index is 0. The van der Waals surface area contributed by atoms with Crippen LogP contribution in [-0.4, -0.2) is 20.2 Å². The Balaban J connectivity index is 0.00000112. The van der Waals surface area contributed by atoms with Crippen LogP contribution in [0.3, 0.4) is 0 Å². The number of aryl methyl sites for hydroxylation is 1. The van der Waals surface area contributed by atoms with Gasteiger partial charge in [0.25, 0.3) is 0 Å². The average Bonchev–Trinajstić information content (AvgIpc) is 2.13. The van der Waals surface area contributed by atoms with Crippen molar-refractivity contribution in [2.24, 2.45) is 5.73 Å². The maximum absolute atomic E-state index is 6.20. The second-order valence-electron chi connectivity index (χ2n) is 4.00. The molecule has 84 valence electrons. The Morgan fingerprint density at radius 1 is 1.33 bits per heavy atom. The van der Waals surface area contributed by atoms with Gasteiger partial charge in [0, 0.05) is 13.1 Å². The SMILES string of the molecule is COc1cc(C)cc(C2(N)CNC2)c1.Cl. The third kappa shape index (κ3) is 2.25. The standard InChI is InChI=1S/C11H16N2O.ClH/c1-8-3-9(5-10(4-8)14-2)11(12)6-13-7-11;/h3-5,13H,6-7,12H2,1-2H3;1H. The van der Waals surface area contributed by atoms with Gasteiger partial charge in [-0.05, 0) is 30.2 Å². The lowest BCUT2D eigenvalue weighted by atomic mass is 9.84. The van der Waals surface area contributed by atoms with E-state index in [-0.39, 0.29) is 17.9 Å². The van der Waals surface area contributed by atoms with E-state index in [1.165, 1.54) is 5.56 Å². The summed E-state index contributed by atoms with van der Waals surface area (Å²) in [4.78, 5) is 0. The lowest BCUT2D eigenvalue weighted by Gasteiger charge is -2.39. The fraction of sp³-hybridized carbons (Fsp3) is 0.455. The summed E-state index contributed by atoms with van der Waals surface area (Å²) < 4.78 is 5.22. The van der Waals surface area contributed by atoms with Crippen molar-refractivity contribution in [1.82, 2.24) is 5.32 Å². The van der Waals surface area contributed by atoms with Crippen LogP contribution in [-0.2, 0) is 5.54 Å². The molecular weight excluding hydrogens is 212 g/mol. The van der Waals surface area contributed by atoms with Crippen LogP contribution in [0.1, 0.15) is 11.1 Å². The molecule has 0 unspecified atom stereocenters. The Morgan fingerprint density at radius 3 is 2.47 bits per heavy atom. The van der Waals surface area contributed by atoms with Crippen molar-refractivity contribution in [1.29, 1.82) is 0 Å². The van der Waals surface area contributed by atoms with E-state index in [0.29, 0.717) is 0 Å². The van der Waals surface area contributed by atoms with Crippen molar-refractivity contribution in [2.45, 2.75) is 12.5 Å². The van der Waals surface area contributed by atoms with Crippen LogP contribution in [0.15, 0.2) is 18.2 Å². The molecule has 0 amide bonds. The smallest absolute Gasteiger partial charge is 0.119 e. The zero-order valence-electron chi connectivity index (χ0n) is 9.04. The zero-order chi connectivity index (χ0) is 10.2. The van der Waals surface area contributed by atoms with Crippen LogP contribution < -0.4 is 15.8 Å². The largest absolute Gasteiger partial charge is 0.497 e. The Hall–Kier alpha value is -0.770. The van der Waals surface area contributed by atoms with Crippen LogP contribution >= 0.6 is 12.4 Å². The molecule has 0 spiro atoms. The zero-order valence-corrected chi connectivity index (χ0v) is 9.86. The molecule has 0 radical (unpaired) electrons. The highest BCUT2D eigenvalue weighted by molar-refractivity contribution is 5.85. The van der Waals surface area contributed by atoms with Gasteiger partial charge in [0.2, 0.25) is 0 Å². The maximum Gasteiger partial charge on any atom is 0.119 e. The van der Waals surface area contributed by atoms with Gasteiger partial charge in [-0.15, -0.1) is 12.4 Å². The third-order valence-corrected chi connectivity index (χ3v) is 2.74. The lowest BCUT2D eigenvalue weighted by molar-refractivity contribution is 0.285. The first-order chi connectivity index (χ1) is 6.64. The number of rotatable bonds is 2. The summed E-state index contributed by atoms with van der Waals surface area (Å²) in [5.41, 5.74) is 8.35. The highest BCUT2D eigenvalue weighted by Crippen LogP contribution is 2.27. The number of benzene rings is 1. The fourth-order valence-electron chi connectivity index (χ4n) is 1.75. The van der Waals surface area contributed by atoms with Crippen LogP contribution in [0, 0.1) is 6.92 Å². The predicted octanol–water partition coefficient (Wildman–Crippen LogP) is 1.18. The molecule has 0 aromatic heterocycles. The molecule has 1 fully saturated rings. The quantitative estimate of drug-likeness (QED) is 0.799. The van der Waals surface area contributed by atoms with E-state index < -0.39 is 0 Å². The summed E-state index contributed by atoms with van der Waals surface area (Å²) in [6.45, 7) is 3.75. The van der Waals surface area contributed by atoms with Gasteiger partial charge in [0.15, 0.2) is 0 Å². The summed E-state index contributed by atoms with van der Waals surface area (Å²) in [5.74, 6) is 0.886. The second-order valence-corrected chi connectivity index (χ2v) is 4.00. The van der Waals surface area contributed by atoms with Gasteiger partial charge in [0.1, 0.15) is 5.75 Å². The number of hydrogen-bond acceptors (Lipinski definition) is 3. The van der Waals surface area contributed by atoms with E-state index in [2.05, 4.69) is 18.3 Å². The van der Waals surface area contributed by atoms with Crippen molar-refractivity contribution in [2.75, 3.05) is 20.2 Å². The van der Waals surface area contributed by atoms with Gasteiger partial charge in [-0.1, -0.05) is 6.07 Å². The summed E-state index contributed by atoms with van der Waals surface area (Å²) in [5, 5.41) is 3.19. The monoisotopic (exact) mass is 228 g/mol. The molecule has 1 heterocycles. The van der Waals surface area contributed by atoms with Crippen LogP contribution in [0.25, 0.3) is 0 Å². The van der Waals surface area contributed by atoms with E-state index in [4.69, 9.17) is 10.5 Å². The van der Waals surface area contributed by atoms with Crippen LogP contribution in [0.2, 0.25) is 0 Å². The molecule has 1 aliphatic heterocycles. The molecule has 2 rings (SSSR count). The Morgan fingerprint density at radius 2 is 2.00 bits per heavy atom. The van der Waals surface area contributed by atoms with Gasteiger partial charge in [-0.3, -0.25) is 0 Å². The summed E-state index contributed by atoms with van der Waals surface area (Å²) in [6.07, 6.45) is 0. The topological polar surface area (TPSA) is 47.3 Å². The van der Waals surface area contributed by atoms with Gasteiger partial charge in [0.05, 0.1) is 12.6 Å². The summed E-state index contributed by atoms with van der Waals surface area (Å²) >= 11 is 0. The summed E-state index contributed by atoms with van der Waals surface area (Å²) in [6, 6.07) is 6.16. The van der Waals surface area contributed by atoms with Gasteiger partial charge < -0.3 is 15.8 Å². The minimum Gasteiger partial charge on any atom is -0.497 e. The molecule has 1 aromatic carbocycles. The summed E-state index contributed by atoms with van der Waals surface area (Å²) in [7, 11) is 1.68. The van der Waals surface area contributed by atoms with Gasteiger partial charge in [-0.25, -0.2) is 0 Å². The number of hydrogen-bond donors (Lipinski definition) is 2. The van der Waals surface area contributed by atoms with E-state index in [0.717, 1.165) is 24.4 Å². The number of ether oxygens (including phenoxy) is 1. The molecule has 3 N–H and O–H groups in total. The Kier molecular flexibility index (Phi) is 3.60. The number of methoxy groups -OCH3 is 1. The van der Waals surface area contributed by atoms with E-state index >= 15 is 0 Å². The Bertz CT molecular complexity index is 350. The van der Waals surface area contributed by atoms with Crippen molar-refractivity contribution < 1.29 is 4.74 Å². The molecule has 0 atom stereocenters. The fourth-order valence-corrected chi connectivity index (χ4v) is 1.75. The molecule has 15 heavy (non-hydrogen) atoms. The molecule has 1 aromatic rings. The lowest BCUT2D eigenvalue weighted by Crippen LogP contribution is -2.62. The first-order valence-electron chi connectivity index (χ1n) is 4.80. The van der Waals surface area contributed by atoms with Gasteiger partial charge >= 0.3 is 0 Å². The molecule has 3 nitrogen and oxygen atoms in total. The number of nitrogens with two attached hydrogens (primary N) is 1. The van der Waals surface area contributed by atoms with Crippen LogP contribution in [0.5, 0.6) is 5.75 Å². The van der Waals surface area contributed by atoms with Gasteiger partial charge in [-0.2, -0.15) is 0 Å². The highest BCUT2D eigenvalue weighted by atomic mass is 35.5. The Labute approximate surface area is 96.4 Å². The molecule has 4 heteroatoms. The maximum atomic E-state index is 6.20. The average molecular weight is 229 g/mol.